The number of hydrogen-bond acceptors (Lipinski definition) is 6. The second-order valence-electron chi connectivity index (χ2n) is 8.19. The average molecular weight is 390 g/mol. The second-order valence-corrected chi connectivity index (χ2v) is 8.19. The molecule has 1 atom stereocenters. The van der Waals surface area contributed by atoms with E-state index in [1.54, 1.807) is 16.7 Å². The second kappa shape index (κ2) is 6.10. The number of pyridine rings is 1. The van der Waals surface area contributed by atoms with E-state index in [4.69, 9.17) is 10.5 Å². The fourth-order valence-electron chi connectivity index (χ4n) is 4.23. The lowest BCUT2D eigenvalue weighted by Gasteiger charge is -2.33. The summed E-state index contributed by atoms with van der Waals surface area (Å²) in [6.07, 6.45) is 1.26. The van der Waals surface area contributed by atoms with Gasteiger partial charge in [-0.1, -0.05) is 13.8 Å². The molecule has 0 radical (unpaired) electrons. The molecule has 0 spiro atoms. The van der Waals surface area contributed by atoms with Gasteiger partial charge in [-0.05, 0) is 23.9 Å². The topological polar surface area (TPSA) is 101 Å². The molecule has 2 aromatic rings. The molecule has 0 amide bonds. The Labute approximate surface area is 160 Å². The lowest BCUT2D eigenvalue weighted by Crippen LogP contribution is -2.40. The number of carboxylic acids is 1. The third-order valence-corrected chi connectivity index (χ3v) is 5.89. The largest absolute Gasteiger partial charge is 0.477 e. The van der Waals surface area contributed by atoms with Gasteiger partial charge in [0.15, 0.2) is 18.3 Å². The fraction of sp³-hybridized carbons (Fsp3) is 0.474. The zero-order chi connectivity index (χ0) is 20.4. The molecule has 0 saturated carbocycles. The van der Waals surface area contributed by atoms with Crippen molar-refractivity contribution in [2.45, 2.75) is 13.8 Å². The summed E-state index contributed by atoms with van der Waals surface area (Å²) in [5, 5.41) is 11.0. The lowest BCUT2D eigenvalue weighted by atomic mass is 9.82. The maximum atomic E-state index is 15.2. The van der Waals surface area contributed by atoms with Gasteiger partial charge in [-0.3, -0.25) is 14.5 Å². The van der Waals surface area contributed by atoms with Crippen LogP contribution in [0.4, 0.5) is 10.1 Å². The van der Waals surface area contributed by atoms with Crippen molar-refractivity contribution in [3.63, 3.8) is 0 Å². The number of carboxylic acid groups (broad SMARTS) is 1. The van der Waals surface area contributed by atoms with Crippen LogP contribution in [0.1, 0.15) is 24.2 Å². The number of carbonyl (C=O) groups is 1. The molecular formula is C19H23FN4O4. The SMILES string of the molecule is CN1COc2c(N3CC(CN)C(C)(C)C3)c(F)cc3c(=O)c(C(=O)O)cn1c23. The summed E-state index contributed by atoms with van der Waals surface area (Å²) in [4.78, 5) is 26.0. The third kappa shape index (κ3) is 2.53. The van der Waals surface area contributed by atoms with Crippen LogP contribution >= 0.6 is 0 Å². The standard InChI is InChI=1S/C19H23FN4O4/c1-19(2)8-23(6-10(19)5-21)15-13(20)4-11-14-17(15)28-9-22(3)24(14)7-12(16(11)25)18(26)27/h4,7,10H,5-6,8-9,21H2,1-3H3,(H,26,27). The van der Waals surface area contributed by atoms with Gasteiger partial charge in [-0.15, -0.1) is 0 Å². The van der Waals surface area contributed by atoms with Crippen LogP contribution in [0.3, 0.4) is 0 Å². The quantitative estimate of drug-likeness (QED) is 0.811. The van der Waals surface area contributed by atoms with Crippen molar-refractivity contribution >= 4 is 22.6 Å². The van der Waals surface area contributed by atoms with E-state index in [2.05, 4.69) is 13.8 Å². The molecule has 8 nitrogen and oxygen atoms in total. The predicted molar refractivity (Wildman–Crippen MR) is 103 cm³/mol. The molecular weight excluding hydrogens is 367 g/mol. The van der Waals surface area contributed by atoms with Crippen LogP contribution in [-0.2, 0) is 0 Å². The normalized spacial score (nSPS) is 20.5. The number of nitrogens with two attached hydrogens (primary N) is 1. The molecule has 1 unspecified atom stereocenters. The molecule has 3 heterocycles. The number of ether oxygens (including phenoxy) is 1. The summed E-state index contributed by atoms with van der Waals surface area (Å²) in [5.74, 6) is -1.51. The molecule has 9 heteroatoms. The molecule has 0 bridgehead atoms. The third-order valence-electron chi connectivity index (χ3n) is 5.89. The highest BCUT2D eigenvalue weighted by molar-refractivity contribution is 5.97. The Hall–Kier alpha value is -2.81. The smallest absolute Gasteiger partial charge is 0.341 e. The maximum Gasteiger partial charge on any atom is 0.341 e. The van der Waals surface area contributed by atoms with Crippen molar-refractivity contribution in [3.8, 4) is 5.75 Å². The predicted octanol–water partition coefficient (Wildman–Crippen LogP) is 1.18. The number of halogens is 1. The summed E-state index contributed by atoms with van der Waals surface area (Å²) in [5.41, 5.74) is 5.33. The maximum absolute atomic E-state index is 15.2. The molecule has 2 aliphatic rings. The average Bonchev–Trinajstić information content (AvgIpc) is 2.93. The Bertz CT molecular complexity index is 1050. The molecule has 28 heavy (non-hydrogen) atoms. The van der Waals surface area contributed by atoms with E-state index in [0.717, 1.165) is 6.07 Å². The number of rotatable bonds is 3. The van der Waals surface area contributed by atoms with Crippen molar-refractivity contribution < 1.29 is 19.0 Å². The van der Waals surface area contributed by atoms with E-state index in [1.807, 2.05) is 4.90 Å². The molecule has 1 aromatic heterocycles. The number of hydrogen-bond donors (Lipinski definition) is 2. The molecule has 2 aliphatic heterocycles. The van der Waals surface area contributed by atoms with Gasteiger partial charge in [0.2, 0.25) is 5.43 Å². The number of aromatic nitrogens is 1. The minimum atomic E-state index is -1.35. The summed E-state index contributed by atoms with van der Waals surface area (Å²) >= 11 is 0. The lowest BCUT2D eigenvalue weighted by molar-refractivity contribution is 0.0694. The molecule has 0 aliphatic carbocycles. The fourth-order valence-corrected chi connectivity index (χ4v) is 4.23. The first kappa shape index (κ1) is 18.5. The van der Waals surface area contributed by atoms with E-state index in [9.17, 15) is 14.7 Å². The number of anilines is 1. The molecule has 4 rings (SSSR count). The first-order chi connectivity index (χ1) is 13.2. The monoisotopic (exact) mass is 390 g/mol. The van der Waals surface area contributed by atoms with E-state index in [-0.39, 0.29) is 29.2 Å². The van der Waals surface area contributed by atoms with Crippen LogP contribution in [0.25, 0.3) is 10.9 Å². The zero-order valence-electron chi connectivity index (χ0n) is 16.0. The Morgan fingerprint density at radius 1 is 1.46 bits per heavy atom. The van der Waals surface area contributed by atoms with Gasteiger partial charge < -0.3 is 20.5 Å². The van der Waals surface area contributed by atoms with Crippen LogP contribution in [0.2, 0.25) is 0 Å². The number of benzene rings is 1. The first-order valence-corrected chi connectivity index (χ1v) is 9.10. The van der Waals surface area contributed by atoms with Crippen LogP contribution in [0, 0.1) is 17.2 Å². The van der Waals surface area contributed by atoms with Gasteiger partial charge in [0.1, 0.15) is 16.8 Å². The molecule has 1 aromatic carbocycles. The summed E-state index contributed by atoms with van der Waals surface area (Å²) in [6, 6.07) is 1.12. The van der Waals surface area contributed by atoms with E-state index in [1.165, 1.54) is 6.20 Å². The summed E-state index contributed by atoms with van der Waals surface area (Å²) < 4.78 is 22.6. The van der Waals surface area contributed by atoms with Gasteiger partial charge in [0.05, 0.1) is 5.39 Å². The van der Waals surface area contributed by atoms with Crippen molar-refractivity contribution in [1.29, 1.82) is 0 Å². The molecule has 1 fully saturated rings. The van der Waals surface area contributed by atoms with Gasteiger partial charge in [-0.2, -0.15) is 0 Å². The van der Waals surface area contributed by atoms with Crippen molar-refractivity contribution in [2.24, 2.45) is 17.1 Å². The van der Waals surface area contributed by atoms with Crippen LogP contribution in [-0.4, -0.2) is 49.2 Å². The van der Waals surface area contributed by atoms with Gasteiger partial charge in [0, 0.05) is 26.3 Å². The highest BCUT2D eigenvalue weighted by Gasteiger charge is 2.41. The Morgan fingerprint density at radius 3 is 2.79 bits per heavy atom. The van der Waals surface area contributed by atoms with Crippen molar-refractivity contribution in [1.82, 2.24) is 4.68 Å². The van der Waals surface area contributed by atoms with E-state index in [0.29, 0.717) is 30.8 Å². The highest BCUT2D eigenvalue weighted by Crippen LogP contribution is 2.45. The van der Waals surface area contributed by atoms with Gasteiger partial charge in [0.25, 0.3) is 0 Å². The number of aromatic carboxylic acids is 1. The first-order valence-electron chi connectivity index (χ1n) is 9.10. The Balaban J connectivity index is 1.99. The van der Waals surface area contributed by atoms with E-state index < -0.39 is 22.8 Å². The molecule has 150 valence electrons. The minimum absolute atomic E-state index is 0.0171. The van der Waals surface area contributed by atoms with Crippen LogP contribution in [0.5, 0.6) is 5.75 Å². The summed E-state index contributed by atoms with van der Waals surface area (Å²) in [6.45, 7) is 5.95. The van der Waals surface area contributed by atoms with Crippen LogP contribution < -0.4 is 25.8 Å². The van der Waals surface area contributed by atoms with Gasteiger partial charge in [-0.25, -0.2) is 9.18 Å². The highest BCUT2D eigenvalue weighted by atomic mass is 19.1. The molecule has 1 saturated heterocycles. The number of nitrogens with zero attached hydrogens (tertiary/aromatic N) is 3. The van der Waals surface area contributed by atoms with E-state index >= 15 is 4.39 Å². The van der Waals surface area contributed by atoms with Crippen LogP contribution in [0.15, 0.2) is 17.1 Å². The molecule has 3 N–H and O–H groups in total. The van der Waals surface area contributed by atoms with Crippen molar-refractivity contribution in [3.05, 3.63) is 33.9 Å². The summed E-state index contributed by atoms with van der Waals surface area (Å²) in [7, 11) is 1.70. The Kier molecular flexibility index (Phi) is 4.04. The minimum Gasteiger partial charge on any atom is -0.477 e. The Morgan fingerprint density at radius 2 is 2.18 bits per heavy atom. The zero-order valence-corrected chi connectivity index (χ0v) is 16.0. The van der Waals surface area contributed by atoms with Crippen molar-refractivity contribution in [2.75, 3.05) is 43.3 Å². The van der Waals surface area contributed by atoms with Gasteiger partial charge >= 0.3 is 5.97 Å².